The van der Waals surface area contributed by atoms with Crippen LogP contribution in [-0.2, 0) is 14.3 Å². The van der Waals surface area contributed by atoms with E-state index in [9.17, 15) is 4.79 Å². The summed E-state index contributed by atoms with van der Waals surface area (Å²) in [4.78, 5) is 11.3. The third-order valence-corrected chi connectivity index (χ3v) is 1.94. The Bertz CT molecular complexity index is 162. The summed E-state index contributed by atoms with van der Waals surface area (Å²) in [5, 5.41) is 3.21. The first-order valence-corrected chi connectivity index (χ1v) is 5.75. The highest BCUT2D eigenvalue weighted by atomic mass is 16.6. The fourth-order valence-corrected chi connectivity index (χ4v) is 1.16. The molecule has 15 heavy (non-hydrogen) atoms. The summed E-state index contributed by atoms with van der Waals surface area (Å²) < 4.78 is 10.3. The highest BCUT2D eigenvalue weighted by Gasteiger charge is 2.17. The number of ether oxygens (including phenoxy) is 2. The van der Waals surface area contributed by atoms with E-state index in [1.54, 1.807) is 6.92 Å². The summed E-state index contributed by atoms with van der Waals surface area (Å²) in [5.41, 5.74) is 0. The molecule has 90 valence electrons. The molecule has 4 nitrogen and oxygen atoms in total. The molecule has 4 heteroatoms. The van der Waals surface area contributed by atoms with Gasteiger partial charge in [-0.25, -0.2) is 4.79 Å². The van der Waals surface area contributed by atoms with Crippen LogP contribution in [0.1, 0.15) is 33.6 Å². The molecule has 0 aliphatic heterocycles. The largest absolute Gasteiger partial charge is 0.464 e. The Morgan fingerprint density at radius 2 is 2.00 bits per heavy atom. The molecule has 0 aromatic heterocycles. The fourth-order valence-electron chi connectivity index (χ4n) is 1.16. The van der Waals surface area contributed by atoms with E-state index < -0.39 is 6.10 Å². The molecule has 1 atom stereocenters. The number of hydrogen-bond donors (Lipinski definition) is 1. The van der Waals surface area contributed by atoms with Crippen LogP contribution in [0.2, 0.25) is 0 Å². The molecule has 0 aliphatic carbocycles. The van der Waals surface area contributed by atoms with Gasteiger partial charge in [0.05, 0.1) is 13.2 Å². The zero-order chi connectivity index (χ0) is 11.5. The second kappa shape index (κ2) is 9.93. The summed E-state index contributed by atoms with van der Waals surface area (Å²) in [6.07, 6.45) is 1.36. The first-order chi connectivity index (χ1) is 7.26. The maximum absolute atomic E-state index is 11.3. The van der Waals surface area contributed by atoms with E-state index in [-0.39, 0.29) is 5.97 Å². The molecule has 0 saturated carbocycles. The van der Waals surface area contributed by atoms with Gasteiger partial charge in [0.15, 0.2) is 6.10 Å². The van der Waals surface area contributed by atoms with Crippen LogP contribution in [0.3, 0.4) is 0 Å². The molecule has 0 spiro atoms. The zero-order valence-corrected chi connectivity index (χ0v) is 10.0. The lowest BCUT2D eigenvalue weighted by atomic mass is 10.3. The van der Waals surface area contributed by atoms with E-state index in [2.05, 4.69) is 12.2 Å². The Morgan fingerprint density at radius 1 is 1.27 bits per heavy atom. The lowest BCUT2D eigenvalue weighted by molar-refractivity contribution is -0.156. The SMILES string of the molecule is CCCNCCOC(CC)C(=O)OCC. The molecule has 0 saturated heterocycles. The van der Waals surface area contributed by atoms with Gasteiger partial charge in [0, 0.05) is 6.54 Å². The van der Waals surface area contributed by atoms with Crippen LogP contribution in [-0.4, -0.2) is 38.4 Å². The molecule has 0 aromatic carbocycles. The third-order valence-electron chi connectivity index (χ3n) is 1.94. The van der Waals surface area contributed by atoms with E-state index in [4.69, 9.17) is 9.47 Å². The lowest BCUT2D eigenvalue weighted by Gasteiger charge is -2.14. The molecular formula is C11H23NO3. The topological polar surface area (TPSA) is 47.6 Å². The number of nitrogens with one attached hydrogen (secondary N) is 1. The van der Waals surface area contributed by atoms with Gasteiger partial charge in [-0.1, -0.05) is 13.8 Å². The number of hydrogen-bond acceptors (Lipinski definition) is 4. The monoisotopic (exact) mass is 217 g/mol. The van der Waals surface area contributed by atoms with Crippen molar-refractivity contribution in [3.8, 4) is 0 Å². The van der Waals surface area contributed by atoms with Crippen molar-refractivity contribution in [2.75, 3.05) is 26.3 Å². The Morgan fingerprint density at radius 3 is 2.53 bits per heavy atom. The molecule has 1 unspecified atom stereocenters. The van der Waals surface area contributed by atoms with Crippen LogP contribution >= 0.6 is 0 Å². The van der Waals surface area contributed by atoms with Crippen molar-refractivity contribution in [1.82, 2.24) is 5.32 Å². The first-order valence-electron chi connectivity index (χ1n) is 5.75. The van der Waals surface area contributed by atoms with Gasteiger partial charge in [0.25, 0.3) is 0 Å². The van der Waals surface area contributed by atoms with Crippen LogP contribution in [0.5, 0.6) is 0 Å². The van der Waals surface area contributed by atoms with Crippen LogP contribution in [0, 0.1) is 0 Å². The van der Waals surface area contributed by atoms with Crippen LogP contribution in [0.25, 0.3) is 0 Å². The molecular weight excluding hydrogens is 194 g/mol. The van der Waals surface area contributed by atoms with Crippen molar-refractivity contribution in [2.45, 2.75) is 39.7 Å². The van der Waals surface area contributed by atoms with Crippen molar-refractivity contribution in [1.29, 1.82) is 0 Å². The van der Waals surface area contributed by atoms with Crippen LogP contribution in [0.15, 0.2) is 0 Å². The summed E-state index contributed by atoms with van der Waals surface area (Å²) in [7, 11) is 0. The predicted molar refractivity (Wildman–Crippen MR) is 59.8 cm³/mol. The van der Waals surface area contributed by atoms with Crippen molar-refractivity contribution < 1.29 is 14.3 Å². The molecule has 0 heterocycles. The van der Waals surface area contributed by atoms with Gasteiger partial charge in [-0.2, -0.15) is 0 Å². The van der Waals surface area contributed by atoms with Gasteiger partial charge >= 0.3 is 5.97 Å². The van der Waals surface area contributed by atoms with Crippen molar-refractivity contribution in [3.05, 3.63) is 0 Å². The normalized spacial score (nSPS) is 12.5. The molecule has 0 aliphatic rings. The maximum atomic E-state index is 11.3. The standard InChI is InChI=1S/C11H23NO3/c1-4-7-12-8-9-15-10(5-2)11(13)14-6-3/h10,12H,4-9H2,1-3H3. The molecule has 0 amide bonds. The molecule has 0 bridgehead atoms. The van der Waals surface area contributed by atoms with Gasteiger partial charge in [-0.05, 0) is 26.3 Å². The summed E-state index contributed by atoms with van der Waals surface area (Å²) in [6, 6.07) is 0. The van der Waals surface area contributed by atoms with Gasteiger partial charge in [0.2, 0.25) is 0 Å². The number of carbonyl (C=O) groups excluding carboxylic acids is 1. The highest BCUT2D eigenvalue weighted by Crippen LogP contribution is 2.00. The Labute approximate surface area is 92.3 Å². The van der Waals surface area contributed by atoms with E-state index in [0.717, 1.165) is 19.5 Å². The van der Waals surface area contributed by atoms with Gasteiger partial charge < -0.3 is 14.8 Å². The molecule has 1 N–H and O–H groups in total. The van der Waals surface area contributed by atoms with E-state index in [1.807, 2.05) is 6.92 Å². The first kappa shape index (κ1) is 14.4. The number of esters is 1. The van der Waals surface area contributed by atoms with Gasteiger partial charge in [-0.3, -0.25) is 0 Å². The maximum Gasteiger partial charge on any atom is 0.335 e. The Balaban J connectivity index is 3.56. The average molecular weight is 217 g/mol. The molecule has 0 aromatic rings. The van der Waals surface area contributed by atoms with Crippen LogP contribution in [0.4, 0.5) is 0 Å². The predicted octanol–water partition coefficient (Wildman–Crippen LogP) is 1.34. The molecule has 0 fully saturated rings. The highest BCUT2D eigenvalue weighted by molar-refractivity contribution is 5.74. The second-order valence-corrected chi connectivity index (χ2v) is 3.27. The van der Waals surface area contributed by atoms with E-state index in [0.29, 0.717) is 19.6 Å². The van der Waals surface area contributed by atoms with E-state index >= 15 is 0 Å². The minimum Gasteiger partial charge on any atom is -0.464 e. The molecule has 0 rings (SSSR count). The third kappa shape index (κ3) is 7.33. The van der Waals surface area contributed by atoms with Crippen molar-refractivity contribution in [2.24, 2.45) is 0 Å². The van der Waals surface area contributed by atoms with Crippen molar-refractivity contribution in [3.63, 3.8) is 0 Å². The summed E-state index contributed by atoms with van der Waals surface area (Å²) >= 11 is 0. The Kier molecular flexibility index (Phi) is 9.52. The van der Waals surface area contributed by atoms with Gasteiger partial charge in [-0.15, -0.1) is 0 Å². The number of rotatable bonds is 9. The fraction of sp³-hybridized carbons (Fsp3) is 0.909. The average Bonchev–Trinajstić information content (AvgIpc) is 2.23. The minimum atomic E-state index is -0.409. The van der Waals surface area contributed by atoms with Gasteiger partial charge in [0.1, 0.15) is 0 Å². The number of carbonyl (C=O) groups is 1. The quantitative estimate of drug-likeness (QED) is 0.468. The summed E-state index contributed by atoms with van der Waals surface area (Å²) in [5.74, 6) is -0.254. The molecule has 0 radical (unpaired) electrons. The smallest absolute Gasteiger partial charge is 0.335 e. The van der Waals surface area contributed by atoms with Crippen LogP contribution < -0.4 is 5.32 Å². The minimum absolute atomic E-state index is 0.254. The summed E-state index contributed by atoms with van der Waals surface area (Å²) in [6.45, 7) is 8.56. The van der Waals surface area contributed by atoms with Crippen molar-refractivity contribution >= 4 is 5.97 Å². The second-order valence-electron chi connectivity index (χ2n) is 3.27. The van der Waals surface area contributed by atoms with E-state index in [1.165, 1.54) is 0 Å². The lowest BCUT2D eigenvalue weighted by Crippen LogP contribution is -2.29. The zero-order valence-electron chi connectivity index (χ0n) is 10.0. The Hall–Kier alpha value is -0.610.